The predicted molar refractivity (Wildman–Crippen MR) is 170 cm³/mol. The molecule has 11 heteroatoms. The summed E-state index contributed by atoms with van der Waals surface area (Å²) in [6.07, 6.45) is 2.90. The number of aromatic nitrogens is 3. The lowest BCUT2D eigenvalue weighted by Gasteiger charge is -2.44. The molecule has 0 aliphatic carbocycles. The lowest BCUT2D eigenvalue weighted by Crippen LogP contribution is -2.58. The van der Waals surface area contributed by atoms with Crippen molar-refractivity contribution in [3.63, 3.8) is 0 Å². The first kappa shape index (κ1) is 30.6. The van der Waals surface area contributed by atoms with Gasteiger partial charge in [-0.3, -0.25) is 9.00 Å². The summed E-state index contributed by atoms with van der Waals surface area (Å²) in [5.74, 6) is -0.311. The molecule has 0 spiro atoms. The Bertz CT molecular complexity index is 1840. The molecule has 1 aliphatic heterocycles. The lowest BCUT2D eigenvalue weighted by molar-refractivity contribution is -0.128. The molecule has 0 radical (unpaired) electrons. The Balaban J connectivity index is 1.82. The van der Waals surface area contributed by atoms with Crippen molar-refractivity contribution in [3.8, 4) is 16.9 Å². The molecular formula is C32H33ClFN5O3S. The third-order valence-electron chi connectivity index (χ3n) is 7.84. The molecule has 224 valence electrons. The van der Waals surface area contributed by atoms with E-state index in [9.17, 15) is 18.2 Å². The van der Waals surface area contributed by atoms with Crippen LogP contribution in [0.5, 0.6) is 0 Å². The molecule has 0 N–H and O–H groups in total. The van der Waals surface area contributed by atoms with E-state index in [1.165, 1.54) is 16.7 Å². The van der Waals surface area contributed by atoms with Crippen molar-refractivity contribution >= 4 is 45.2 Å². The van der Waals surface area contributed by atoms with Crippen LogP contribution in [0.2, 0.25) is 5.02 Å². The maximum atomic E-state index is 15.0. The third kappa shape index (κ3) is 5.61. The lowest BCUT2D eigenvalue weighted by atomic mass is 10.0. The van der Waals surface area contributed by atoms with Crippen LogP contribution in [-0.2, 0) is 15.6 Å². The summed E-state index contributed by atoms with van der Waals surface area (Å²) in [6.45, 7) is 12.3. The maximum absolute atomic E-state index is 15.0. The predicted octanol–water partition coefficient (Wildman–Crippen LogP) is 5.71. The molecule has 0 saturated carbocycles. The first-order chi connectivity index (χ1) is 20.4. The summed E-state index contributed by atoms with van der Waals surface area (Å²) in [6, 6.07) is 12.8. The SMILES string of the molecule is C=CC(=O)N1C[C@H](C)N(c2nc(=O)n(-c3ccc(S(C)=O)cc3C(C)C)c3nc(-c4ccccc4F)c(Cl)cc23)C[C@@H]1C. The number of carbonyl (C=O) groups is 1. The van der Waals surface area contributed by atoms with E-state index in [4.69, 9.17) is 16.6 Å². The number of hydrogen-bond donors (Lipinski definition) is 0. The van der Waals surface area contributed by atoms with Gasteiger partial charge in [0, 0.05) is 52.7 Å². The number of anilines is 1. The molecule has 4 aromatic rings. The van der Waals surface area contributed by atoms with Crippen molar-refractivity contribution in [1.82, 2.24) is 19.4 Å². The zero-order valence-electron chi connectivity index (χ0n) is 24.7. The minimum Gasteiger partial charge on any atom is -0.349 e. The zero-order chi connectivity index (χ0) is 31.2. The largest absolute Gasteiger partial charge is 0.355 e. The molecular weight excluding hydrogens is 589 g/mol. The van der Waals surface area contributed by atoms with Gasteiger partial charge in [0.2, 0.25) is 5.91 Å². The van der Waals surface area contributed by atoms with Crippen LogP contribution < -0.4 is 10.6 Å². The third-order valence-corrected chi connectivity index (χ3v) is 9.05. The fraction of sp³-hybridized carbons (Fsp3) is 0.312. The molecule has 3 heterocycles. The smallest absolute Gasteiger partial charge is 0.349 e. The van der Waals surface area contributed by atoms with Gasteiger partial charge in [-0.25, -0.2) is 18.7 Å². The van der Waals surface area contributed by atoms with E-state index >= 15 is 0 Å². The molecule has 2 aromatic carbocycles. The molecule has 1 saturated heterocycles. The fourth-order valence-corrected chi connectivity index (χ4v) is 6.41. The topological polar surface area (TPSA) is 88.4 Å². The van der Waals surface area contributed by atoms with Crippen LogP contribution in [-0.4, -0.2) is 61.0 Å². The highest BCUT2D eigenvalue weighted by atomic mass is 35.5. The van der Waals surface area contributed by atoms with Gasteiger partial charge in [-0.2, -0.15) is 4.98 Å². The number of piperazine rings is 1. The zero-order valence-corrected chi connectivity index (χ0v) is 26.2. The Morgan fingerprint density at radius 3 is 2.49 bits per heavy atom. The molecule has 3 atom stereocenters. The number of hydrogen-bond acceptors (Lipinski definition) is 6. The number of halogens is 2. The van der Waals surface area contributed by atoms with E-state index < -0.39 is 22.3 Å². The number of rotatable bonds is 6. The summed E-state index contributed by atoms with van der Waals surface area (Å²) in [5.41, 5.74) is 1.40. The molecule has 43 heavy (non-hydrogen) atoms. The van der Waals surface area contributed by atoms with E-state index in [1.54, 1.807) is 47.6 Å². The van der Waals surface area contributed by atoms with Crippen LogP contribution in [0.1, 0.15) is 39.2 Å². The van der Waals surface area contributed by atoms with Crippen molar-refractivity contribution in [1.29, 1.82) is 0 Å². The Hall–Kier alpha value is -3.89. The van der Waals surface area contributed by atoms with E-state index in [0.717, 1.165) is 5.56 Å². The van der Waals surface area contributed by atoms with Crippen LogP contribution in [0.25, 0.3) is 28.0 Å². The van der Waals surface area contributed by atoms with Crippen molar-refractivity contribution in [2.75, 3.05) is 24.2 Å². The van der Waals surface area contributed by atoms with Gasteiger partial charge in [0.1, 0.15) is 11.6 Å². The molecule has 1 aliphatic rings. The number of amides is 1. The molecule has 8 nitrogen and oxygen atoms in total. The molecule has 5 rings (SSSR count). The summed E-state index contributed by atoms with van der Waals surface area (Å²) < 4.78 is 28.7. The summed E-state index contributed by atoms with van der Waals surface area (Å²) in [5, 5.41) is 0.706. The van der Waals surface area contributed by atoms with Crippen molar-refractivity contribution in [3.05, 3.63) is 88.1 Å². The molecule has 2 aromatic heterocycles. The van der Waals surface area contributed by atoms with Crippen LogP contribution >= 0.6 is 11.6 Å². The first-order valence-electron chi connectivity index (χ1n) is 14.0. The highest BCUT2D eigenvalue weighted by molar-refractivity contribution is 7.84. The van der Waals surface area contributed by atoms with Gasteiger partial charge in [-0.1, -0.05) is 44.2 Å². The standard InChI is InChI=1S/C32H33ClFN5O3S/c1-7-28(40)37-16-20(5)38(17-19(37)4)30-24-15-25(33)29(22-10-8-9-11-26(22)34)35-31(24)39(32(41)36-30)27-13-12-21(43(6)42)14-23(27)18(2)3/h7-15,18-20H,1,16-17H2,2-6H3/t19-,20-,43?/m0/s1. The first-order valence-corrected chi connectivity index (χ1v) is 15.9. The second-order valence-electron chi connectivity index (χ2n) is 11.1. The number of pyridine rings is 1. The Morgan fingerprint density at radius 2 is 1.84 bits per heavy atom. The van der Waals surface area contributed by atoms with Crippen LogP contribution in [0.15, 0.2) is 70.9 Å². The highest BCUT2D eigenvalue weighted by Gasteiger charge is 2.34. The Kier molecular flexibility index (Phi) is 8.54. The number of nitrogens with zero attached hydrogens (tertiary/aromatic N) is 5. The quantitative estimate of drug-likeness (QED) is 0.256. The van der Waals surface area contributed by atoms with Gasteiger partial charge >= 0.3 is 5.69 Å². The van der Waals surface area contributed by atoms with E-state index in [1.807, 2.05) is 38.7 Å². The minimum atomic E-state index is -1.23. The average Bonchev–Trinajstić information content (AvgIpc) is 2.97. The van der Waals surface area contributed by atoms with Gasteiger partial charge < -0.3 is 9.80 Å². The van der Waals surface area contributed by atoms with Gasteiger partial charge in [0.25, 0.3) is 0 Å². The molecule has 1 amide bonds. The molecule has 0 bridgehead atoms. The van der Waals surface area contributed by atoms with Crippen LogP contribution in [0, 0.1) is 5.82 Å². The fourth-order valence-electron chi connectivity index (χ4n) is 5.61. The Labute approximate surface area is 257 Å². The second kappa shape index (κ2) is 12.0. The minimum absolute atomic E-state index is 0.0326. The number of carbonyl (C=O) groups excluding carboxylic acids is 1. The molecule has 1 fully saturated rings. The maximum Gasteiger partial charge on any atom is 0.355 e. The van der Waals surface area contributed by atoms with Crippen LogP contribution in [0.3, 0.4) is 0 Å². The summed E-state index contributed by atoms with van der Waals surface area (Å²) in [7, 11) is -1.23. The van der Waals surface area contributed by atoms with E-state index in [0.29, 0.717) is 34.9 Å². The number of fused-ring (bicyclic) bond motifs is 1. The van der Waals surface area contributed by atoms with Crippen molar-refractivity contribution in [2.45, 2.75) is 50.6 Å². The molecule has 1 unspecified atom stereocenters. The summed E-state index contributed by atoms with van der Waals surface area (Å²) >= 11 is 6.78. The van der Waals surface area contributed by atoms with Gasteiger partial charge in [0.15, 0.2) is 5.65 Å². The highest BCUT2D eigenvalue weighted by Crippen LogP contribution is 2.36. The average molecular weight is 622 g/mol. The van der Waals surface area contributed by atoms with E-state index in [2.05, 4.69) is 11.6 Å². The van der Waals surface area contributed by atoms with Crippen LogP contribution in [0.4, 0.5) is 10.2 Å². The normalized spacial score (nSPS) is 17.9. The summed E-state index contributed by atoms with van der Waals surface area (Å²) in [4.78, 5) is 40.3. The second-order valence-corrected chi connectivity index (χ2v) is 12.9. The van der Waals surface area contributed by atoms with E-state index in [-0.39, 0.29) is 45.8 Å². The van der Waals surface area contributed by atoms with Gasteiger partial charge in [0.05, 0.1) is 21.8 Å². The van der Waals surface area contributed by atoms with Gasteiger partial charge in [-0.15, -0.1) is 0 Å². The Morgan fingerprint density at radius 1 is 1.12 bits per heavy atom. The number of benzene rings is 2. The monoisotopic (exact) mass is 621 g/mol. The van der Waals surface area contributed by atoms with Crippen molar-refractivity contribution < 1.29 is 13.4 Å². The van der Waals surface area contributed by atoms with Crippen molar-refractivity contribution in [2.24, 2.45) is 0 Å². The van der Waals surface area contributed by atoms with Gasteiger partial charge in [-0.05, 0) is 67.8 Å².